The van der Waals surface area contributed by atoms with Crippen molar-refractivity contribution in [1.29, 1.82) is 0 Å². The van der Waals surface area contributed by atoms with Gasteiger partial charge in [0.2, 0.25) is 0 Å². The molecule has 0 amide bonds. The summed E-state index contributed by atoms with van der Waals surface area (Å²) in [5.41, 5.74) is 1.17. The van der Waals surface area contributed by atoms with Gasteiger partial charge in [-0.1, -0.05) is 51.1 Å². The number of aliphatic hydroxyl groups excluding tert-OH is 1. The predicted molar refractivity (Wildman–Crippen MR) is 109 cm³/mol. The molecule has 1 aliphatic heterocycles. The number of carbonyl (C=O) groups excluding carboxylic acids is 1. The van der Waals surface area contributed by atoms with Gasteiger partial charge in [-0.05, 0) is 31.2 Å². The van der Waals surface area contributed by atoms with Crippen LogP contribution in [0.15, 0.2) is 30.3 Å². The summed E-state index contributed by atoms with van der Waals surface area (Å²) in [6, 6.07) is 10.1. The third kappa shape index (κ3) is 6.03. The number of benzene rings is 1. The summed E-state index contributed by atoms with van der Waals surface area (Å²) in [6.07, 6.45) is 1.26. The Labute approximate surface area is 169 Å². The van der Waals surface area contributed by atoms with Gasteiger partial charge in [-0.2, -0.15) is 0 Å². The summed E-state index contributed by atoms with van der Waals surface area (Å²) in [4.78, 5) is 11.8. The number of rotatable bonds is 9. The van der Waals surface area contributed by atoms with Crippen LogP contribution in [0.5, 0.6) is 0 Å². The maximum atomic E-state index is 11.8. The lowest BCUT2D eigenvalue weighted by atomic mass is 9.79. The number of carbonyl (C=O) groups is 1. The summed E-state index contributed by atoms with van der Waals surface area (Å²) >= 11 is 0. The second kappa shape index (κ2) is 10.9. The first kappa shape index (κ1) is 22.9. The highest BCUT2D eigenvalue weighted by molar-refractivity contribution is 5.72. The Hall–Kier alpha value is -1.43. The summed E-state index contributed by atoms with van der Waals surface area (Å²) in [7, 11) is 1.35. The van der Waals surface area contributed by atoms with E-state index in [1.54, 1.807) is 6.92 Å². The molecule has 1 aliphatic rings. The molecule has 1 heterocycles. The normalized spacial score (nSPS) is 26.9. The second-order valence-electron chi connectivity index (χ2n) is 8.33. The molecule has 5 nitrogen and oxygen atoms in total. The van der Waals surface area contributed by atoms with Crippen LogP contribution in [0, 0.1) is 23.7 Å². The van der Waals surface area contributed by atoms with Gasteiger partial charge in [0, 0.05) is 11.8 Å². The van der Waals surface area contributed by atoms with Gasteiger partial charge in [-0.3, -0.25) is 4.79 Å². The van der Waals surface area contributed by atoms with Crippen LogP contribution in [0.2, 0.25) is 0 Å². The SMILES string of the molecule is COC(=O)[C@H](C)[C@@H](O)[C@H](C)[C@H]1O[C@H]([C@H](C)COCc2ccccc2)CC[C@@H]1C. The number of methoxy groups -OCH3 is 1. The van der Waals surface area contributed by atoms with E-state index in [0.717, 1.165) is 12.8 Å². The van der Waals surface area contributed by atoms with E-state index in [1.165, 1.54) is 12.7 Å². The summed E-state index contributed by atoms with van der Waals surface area (Å²) in [5.74, 6) is -0.501. The van der Waals surface area contributed by atoms with Crippen LogP contribution in [0.25, 0.3) is 0 Å². The van der Waals surface area contributed by atoms with Gasteiger partial charge in [0.1, 0.15) is 0 Å². The van der Waals surface area contributed by atoms with E-state index in [-0.39, 0.29) is 30.0 Å². The highest BCUT2D eigenvalue weighted by Crippen LogP contribution is 2.35. The van der Waals surface area contributed by atoms with Crippen molar-refractivity contribution in [2.24, 2.45) is 23.7 Å². The fraction of sp³-hybridized carbons (Fsp3) is 0.696. The van der Waals surface area contributed by atoms with Gasteiger partial charge in [0.05, 0.1) is 44.6 Å². The molecule has 1 aromatic rings. The lowest BCUT2D eigenvalue weighted by molar-refractivity contribution is -0.163. The molecule has 0 spiro atoms. The van der Waals surface area contributed by atoms with Crippen molar-refractivity contribution >= 4 is 5.97 Å². The van der Waals surface area contributed by atoms with E-state index in [9.17, 15) is 9.90 Å². The monoisotopic (exact) mass is 392 g/mol. The molecule has 0 aromatic heterocycles. The first-order valence-corrected chi connectivity index (χ1v) is 10.4. The smallest absolute Gasteiger partial charge is 0.311 e. The molecule has 7 atom stereocenters. The topological polar surface area (TPSA) is 65.0 Å². The van der Waals surface area contributed by atoms with Crippen LogP contribution in [0.3, 0.4) is 0 Å². The number of ether oxygens (including phenoxy) is 3. The minimum Gasteiger partial charge on any atom is -0.469 e. The molecule has 0 bridgehead atoms. The quantitative estimate of drug-likeness (QED) is 0.647. The summed E-state index contributed by atoms with van der Waals surface area (Å²) in [6.45, 7) is 9.21. The van der Waals surface area contributed by atoms with Crippen LogP contribution in [0.1, 0.15) is 46.1 Å². The first-order valence-electron chi connectivity index (χ1n) is 10.4. The number of aliphatic hydroxyl groups is 1. The van der Waals surface area contributed by atoms with Gasteiger partial charge in [0.25, 0.3) is 0 Å². The lowest BCUT2D eigenvalue weighted by Crippen LogP contribution is -2.47. The zero-order valence-electron chi connectivity index (χ0n) is 17.8. The van der Waals surface area contributed by atoms with Crippen molar-refractivity contribution in [3.05, 3.63) is 35.9 Å². The average Bonchev–Trinajstić information content (AvgIpc) is 2.72. The van der Waals surface area contributed by atoms with Crippen LogP contribution in [-0.4, -0.2) is 43.1 Å². The average molecular weight is 393 g/mol. The van der Waals surface area contributed by atoms with Gasteiger partial charge in [-0.25, -0.2) is 0 Å². The zero-order chi connectivity index (χ0) is 20.7. The van der Waals surface area contributed by atoms with E-state index in [2.05, 4.69) is 26.0 Å². The Morgan fingerprint density at radius 3 is 2.54 bits per heavy atom. The summed E-state index contributed by atoms with van der Waals surface area (Å²) < 4.78 is 17.1. The molecule has 0 unspecified atom stereocenters. The van der Waals surface area contributed by atoms with Crippen molar-refractivity contribution in [3.8, 4) is 0 Å². The van der Waals surface area contributed by atoms with E-state index < -0.39 is 12.0 Å². The van der Waals surface area contributed by atoms with Gasteiger partial charge < -0.3 is 19.3 Å². The first-order chi connectivity index (χ1) is 13.3. The second-order valence-corrected chi connectivity index (χ2v) is 8.33. The minimum absolute atomic E-state index is 0.0857. The van der Waals surface area contributed by atoms with E-state index in [1.807, 2.05) is 25.1 Å². The van der Waals surface area contributed by atoms with E-state index >= 15 is 0 Å². The number of esters is 1. The van der Waals surface area contributed by atoms with Crippen LogP contribution < -0.4 is 0 Å². The number of hydrogen-bond donors (Lipinski definition) is 1. The van der Waals surface area contributed by atoms with Crippen molar-refractivity contribution in [1.82, 2.24) is 0 Å². The van der Waals surface area contributed by atoms with Gasteiger partial charge in [0.15, 0.2) is 0 Å². The maximum absolute atomic E-state index is 11.8. The molecule has 1 aromatic carbocycles. The number of hydrogen-bond acceptors (Lipinski definition) is 5. The van der Waals surface area contributed by atoms with E-state index in [4.69, 9.17) is 14.2 Å². The maximum Gasteiger partial charge on any atom is 0.311 e. The Kier molecular flexibility index (Phi) is 8.93. The minimum atomic E-state index is -0.789. The third-order valence-corrected chi connectivity index (χ3v) is 6.07. The lowest BCUT2D eigenvalue weighted by Gasteiger charge is -2.42. The molecule has 1 saturated heterocycles. The van der Waals surface area contributed by atoms with Crippen LogP contribution in [0.4, 0.5) is 0 Å². The van der Waals surface area contributed by atoms with Crippen LogP contribution >= 0.6 is 0 Å². The Morgan fingerprint density at radius 1 is 1.21 bits per heavy atom. The molecule has 28 heavy (non-hydrogen) atoms. The van der Waals surface area contributed by atoms with Crippen molar-refractivity contribution < 1.29 is 24.1 Å². The van der Waals surface area contributed by atoms with E-state index in [0.29, 0.717) is 19.1 Å². The molecule has 1 fully saturated rings. The van der Waals surface area contributed by atoms with Gasteiger partial charge in [-0.15, -0.1) is 0 Å². The Morgan fingerprint density at radius 2 is 1.89 bits per heavy atom. The molecule has 5 heteroatoms. The fourth-order valence-electron chi connectivity index (χ4n) is 4.08. The molecule has 0 aliphatic carbocycles. The molecule has 0 radical (unpaired) electrons. The zero-order valence-corrected chi connectivity index (χ0v) is 17.8. The molecular weight excluding hydrogens is 356 g/mol. The largest absolute Gasteiger partial charge is 0.469 e. The standard InChI is InChI=1S/C23H36O5/c1-15-11-12-20(16(2)13-27-14-19-9-7-6-8-10-19)28-22(15)17(3)21(24)18(4)23(25)26-5/h6-10,15-18,20-22,24H,11-14H2,1-5H3/t15-,16+,17-,18+,20-,21-,22-/m0/s1. The highest BCUT2D eigenvalue weighted by atomic mass is 16.5. The molecule has 1 N–H and O–H groups in total. The highest BCUT2D eigenvalue weighted by Gasteiger charge is 2.39. The molecule has 158 valence electrons. The fourth-order valence-corrected chi connectivity index (χ4v) is 4.08. The molecular formula is C23H36O5. The summed E-state index contributed by atoms with van der Waals surface area (Å²) in [5, 5.41) is 10.6. The molecule has 0 saturated carbocycles. The third-order valence-electron chi connectivity index (χ3n) is 6.07. The van der Waals surface area contributed by atoms with Gasteiger partial charge >= 0.3 is 5.97 Å². The van der Waals surface area contributed by atoms with Crippen LogP contribution in [-0.2, 0) is 25.6 Å². The predicted octanol–water partition coefficient (Wildman–Crippen LogP) is 3.83. The molecule has 2 rings (SSSR count). The Balaban J connectivity index is 1.88. The van der Waals surface area contributed by atoms with Crippen molar-refractivity contribution in [2.45, 2.75) is 65.5 Å². The van der Waals surface area contributed by atoms with Crippen molar-refractivity contribution in [3.63, 3.8) is 0 Å². The Bertz CT molecular complexity index is 590. The van der Waals surface area contributed by atoms with Crippen molar-refractivity contribution in [2.75, 3.05) is 13.7 Å².